The van der Waals surface area contributed by atoms with E-state index in [0.29, 0.717) is 0 Å². The Kier molecular flexibility index (Phi) is 2.46. The molecular weight excluding hydrogens is 200 g/mol. The van der Waals surface area contributed by atoms with Gasteiger partial charge in [-0.2, -0.15) is 0 Å². The van der Waals surface area contributed by atoms with Crippen LogP contribution in [0.25, 0.3) is 0 Å². The van der Waals surface area contributed by atoms with Gasteiger partial charge in [-0.15, -0.1) is 0 Å². The van der Waals surface area contributed by atoms with Crippen molar-refractivity contribution >= 4 is 10.9 Å². The quantitative estimate of drug-likeness (QED) is 0.490. The molecule has 0 aliphatic carbocycles. The number of rotatable bonds is 1. The van der Waals surface area contributed by atoms with Gasteiger partial charge in [-0.05, 0) is 18.9 Å². The molecule has 0 amide bonds. The van der Waals surface area contributed by atoms with Gasteiger partial charge in [-0.25, -0.2) is 0 Å². The first kappa shape index (κ1) is 9.52. The van der Waals surface area contributed by atoms with E-state index in [1.54, 1.807) is 6.07 Å². The predicted molar refractivity (Wildman–Crippen MR) is 56.0 cm³/mol. The molecule has 0 bridgehead atoms. The lowest BCUT2D eigenvalue weighted by molar-refractivity contribution is 0.361. The van der Waals surface area contributed by atoms with Crippen molar-refractivity contribution in [1.82, 2.24) is 0 Å². The van der Waals surface area contributed by atoms with Gasteiger partial charge in [0.25, 0.3) is 0 Å². The Balaban J connectivity index is 2.38. The molecule has 0 unspecified atom stereocenters. The van der Waals surface area contributed by atoms with E-state index in [-0.39, 0.29) is 28.1 Å². The van der Waals surface area contributed by atoms with Crippen LogP contribution in [0.4, 0.5) is 0 Å². The second-order valence-electron chi connectivity index (χ2n) is 3.39. The molecule has 1 aromatic carbocycles. The number of benzene rings is 1. The Bertz CT molecular complexity index is 345. The first-order valence-corrected chi connectivity index (χ1v) is 6.18. The number of phenols is 3. The number of aromatic hydroxyl groups is 3. The predicted octanol–water partition coefficient (Wildman–Crippen LogP) is 1.57. The number of phenolic OH excluding ortho intramolecular Hbond substituents is 3. The Labute approximate surface area is 85.4 Å². The van der Waals surface area contributed by atoms with Crippen molar-refractivity contribution in [1.29, 1.82) is 0 Å². The molecule has 0 saturated carbocycles. The van der Waals surface area contributed by atoms with Crippen LogP contribution in [0.15, 0.2) is 17.0 Å². The van der Waals surface area contributed by atoms with E-state index < -0.39 is 0 Å². The van der Waals surface area contributed by atoms with Crippen molar-refractivity contribution in [3.8, 4) is 17.2 Å². The highest BCUT2D eigenvalue weighted by Crippen LogP contribution is 2.41. The number of hydrogen-bond donors (Lipinski definition) is 3. The molecule has 0 radical (unpaired) electrons. The number of hydrogen-bond acceptors (Lipinski definition) is 3. The fraction of sp³-hybridized carbons (Fsp3) is 0.400. The average molecular weight is 213 g/mol. The summed E-state index contributed by atoms with van der Waals surface area (Å²) >= 11 is 0. The molecule has 1 saturated heterocycles. The molecule has 3 nitrogen and oxygen atoms in total. The van der Waals surface area contributed by atoms with Crippen LogP contribution in [0.5, 0.6) is 17.2 Å². The van der Waals surface area contributed by atoms with Gasteiger partial charge < -0.3 is 15.3 Å². The lowest BCUT2D eigenvalue weighted by Gasteiger charge is -2.05. The summed E-state index contributed by atoms with van der Waals surface area (Å²) in [5.41, 5.74) is 0. The van der Waals surface area contributed by atoms with Gasteiger partial charge in [0.15, 0.2) is 5.75 Å². The molecule has 2 rings (SSSR count). The molecule has 1 aromatic rings. The lowest BCUT2D eigenvalue weighted by Crippen LogP contribution is -2.03. The molecule has 0 atom stereocenters. The second kappa shape index (κ2) is 3.61. The molecule has 3 N–H and O–H groups in total. The van der Waals surface area contributed by atoms with Crippen LogP contribution in [-0.2, 0) is 10.9 Å². The molecule has 0 spiro atoms. The SMILES string of the molecule is Oc1ccc([S+]2CCCC2)c(O)c1O. The van der Waals surface area contributed by atoms with Crippen LogP contribution in [0.2, 0.25) is 0 Å². The topological polar surface area (TPSA) is 60.7 Å². The highest BCUT2D eigenvalue weighted by atomic mass is 32.2. The minimum absolute atomic E-state index is 0.0581. The summed E-state index contributed by atoms with van der Waals surface area (Å²) in [6.07, 6.45) is 2.37. The summed E-state index contributed by atoms with van der Waals surface area (Å²) in [6.45, 7) is 0. The average Bonchev–Trinajstić information content (AvgIpc) is 2.67. The van der Waals surface area contributed by atoms with E-state index in [1.807, 2.05) is 0 Å². The molecule has 14 heavy (non-hydrogen) atoms. The first-order chi connectivity index (χ1) is 6.70. The third kappa shape index (κ3) is 1.50. The van der Waals surface area contributed by atoms with Crippen molar-refractivity contribution in [3.63, 3.8) is 0 Å². The normalized spacial score (nSPS) is 17.4. The fourth-order valence-electron chi connectivity index (χ4n) is 1.66. The highest BCUT2D eigenvalue weighted by molar-refractivity contribution is 7.97. The molecular formula is C10H13O3S+. The standard InChI is InChI=1S/C10H12O3S/c11-7-3-4-8(10(13)9(7)12)14-5-1-2-6-14/h3-4H,1-2,5-6H2,(H2-,11,12,13)/p+1. The van der Waals surface area contributed by atoms with Crippen LogP contribution in [-0.4, -0.2) is 26.8 Å². The zero-order valence-electron chi connectivity index (χ0n) is 7.73. The third-order valence-corrected chi connectivity index (χ3v) is 4.95. The van der Waals surface area contributed by atoms with Crippen LogP contribution in [0.1, 0.15) is 12.8 Å². The van der Waals surface area contributed by atoms with Crippen molar-refractivity contribution in [2.24, 2.45) is 0 Å². The van der Waals surface area contributed by atoms with Crippen molar-refractivity contribution in [2.75, 3.05) is 11.5 Å². The Morgan fingerprint density at radius 2 is 1.57 bits per heavy atom. The maximum absolute atomic E-state index is 9.64. The third-order valence-electron chi connectivity index (χ3n) is 2.44. The van der Waals surface area contributed by atoms with Gasteiger partial charge in [-0.1, -0.05) is 0 Å². The van der Waals surface area contributed by atoms with Gasteiger partial charge in [0, 0.05) is 17.0 Å². The van der Waals surface area contributed by atoms with E-state index in [1.165, 1.54) is 18.9 Å². The summed E-state index contributed by atoms with van der Waals surface area (Å²) in [5, 5.41) is 28.1. The molecule has 0 aromatic heterocycles. The Hall–Kier alpha value is -1.03. The van der Waals surface area contributed by atoms with E-state index in [9.17, 15) is 10.2 Å². The summed E-state index contributed by atoms with van der Waals surface area (Å²) in [7, 11) is 0.0581. The molecule has 4 heteroatoms. The van der Waals surface area contributed by atoms with Gasteiger partial charge in [-0.3, -0.25) is 0 Å². The zero-order valence-corrected chi connectivity index (χ0v) is 8.55. The first-order valence-electron chi connectivity index (χ1n) is 4.61. The van der Waals surface area contributed by atoms with Crippen molar-refractivity contribution in [3.05, 3.63) is 12.1 Å². The smallest absolute Gasteiger partial charge is 0.217 e. The van der Waals surface area contributed by atoms with E-state index >= 15 is 0 Å². The summed E-state index contributed by atoms with van der Waals surface area (Å²) in [6, 6.07) is 3.15. The summed E-state index contributed by atoms with van der Waals surface area (Å²) in [5.74, 6) is 1.38. The van der Waals surface area contributed by atoms with Crippen LogP contribution < -0.4 is 0 Å². The van der Waals surface area contributed by atoms with Gasteiger partial charge in [0.05, 0.1) is 0 Å². The summed E-state index contributed by atoms with van der Waals surface area (Å²) in [4.78, 5) is 0.790. The minimum atomic E-state index is -0.387. The molecule has 1 aliphatic heterocycles. The maximum Gasteiger partial charge on any atom is 0.217 e. The van der Waals surface area contributed by atoms with Gasteiger partial charge in [0.1, 0.15) is 11.5 Å². The molecule has 1 heterocycles. The van der Waals surface area contributed by atoms with E-state index in [4.69, 9.17) is 5.11 Å². The van der Waals surface area contributed by atoms with Gasteiger partial charge in [0.2, 0.25) is 16.4 Å². The largest absolute Gasteiger partial charge is 0.504 e. The van der Waals surface area contributed by atoms with Gasteiger partial charge >= 0.3 is 0 Å². The van der Waals surface area contributed by atoms with E-state index in [2.05, 4.69) is 0 Å². The zero-order chi connectivity index (χ0) is 10.1. The molecule has 1 fully saturated rings. The van der Waals surface area contributed by atoms with Crippen LogP contribution >= 0.6 is 0 Å². The lowest BCUT2D eigenvalue weighted by atomic mass is 10.3. The molecule has 76 valence electrons. The van der Waals surface area contributed by atoms with E-state index in [0.717, 1.165) is 16.4 Å². The highest BCUT2D eigenvalue weighted by Gasteiger charge is 2.31. The van der Waals surface area contributed by atoms with Crippen molar-refractivity contribution < 1.29 is 15.3 Å². The van der Waals surface area contributed by atoms with Crippen LogP contribution in [0.3, 0.4) is 0 Å². The summed E-state index contributed by atoms with van der Waals surface area (Å²) < 4.78 is 0. The minimum Gasteiger partial charge on any atom is -0.504 e. The fourth-order valence-corrected chi connectivity index (χ4v) is 4.04. The van der Waals surface area contributed by atoms with Crippen LogP contribution in [0, 0.1) is 0 Å². The maximum atomic E-state index is 9.64. The Morgan fingerprint density at radius 1 is 0.929 bits per heavy atom. The Morgan fingerprint density at radius 3 is 2.21 bits per heavy atom. The monoisotopic (exact) mass is 213 g/mol. The van der Waals surface area contributed by atoms with Crippen molar-refractivity contribution in [2.45, 2.75) is 17.7 Å². The second-order valence-corrected chi connectivity index (χ2v) is 5.63. The molecule has 1 aliphatic rings.